The van der Waals surface area contributed by atoms with Gasteiger partial charge in [0.05, 0.1) is 6.61 Å². The van der Waals surface area contributed by atoms with Crippen molar-refractivity contribution < 1.29 is 9.90 Å². The maximum Gasteiger partial charge on any atom is 0.314 e. The molecule has 5 heteroatoms. The number of amides is 2. The Balaban J connectivity index is 1.44. The van der Waals surface area contributed by atoms with Gasteiger partial charge in [0.1, 0.15) is 0 Å². The van der Waals surface area contributed by atoms with Crippen molar-refractivity contribution in [2.75, 3.05) is 19.7 Å². The highest BCUT2D eigenvalue weighted by atomic mass is 32.1. The lowest BCUT2D eigenvalue weighted by Gasteiger charge is -2.13. The number of hydrogen-bond acceptors (Lipinski definition) is 3. The maximum absolute atomic E-state index is 11.7. The first-order valence-electron chi connectivity index (χ1n) is 7.30. The molecule has 1 aliphatic rings. The average Bonchev–Trinajstić information content (AvgIpc) is 3.19. The van der Waals surface area contributed by atoms with Gasteiger partial charge in [0.15, 0.2) is 0 Å². The van der Waals surface area contributed by atoms with Gasteiger partial charge in [0, 0.05) is 23.2 Å². The number of hydrogen-bond donors (Lipinski definition) is 3. The molecular weight excluding hydrogens is 284 g/mol. The van der Waals surface area contributed by atoms with Gasteiger partial charge in [-0.1, -0.05) is 18.2 Å². The molecule has 2 amide bonds. The van der Waals surface area contributed by atoms with Crippen molar-refractivity contribution in [3.05, 3.63) is 35.2 Å². The van der Waals surface area contributed by atoms with E-state index in [9.17, 15) is 9.90 Å². The van der Waals surface area contributed by atoms with E-state index in [4.69, 9.17) is 0 Å². The number of thiophene rings is 1. The zero-order valence-corrected chi connectivity index (χ0v) is 12.7. The van der Waals surface area contributed by atoms with E-state index >= 15 is 0 Å². The number of nitrogens with one attached hydrogen (secondary N) is 2. The van der Waals surface area contributed by atoms with Crippen molar-refractivity contribution >= 4 is 27.5 Å². The Labute approximate surface area is 128 Å². The van der Waals surface area contributed by atoms with E-state index in [-0.39, 0.29) is 18.1 Å². The van der Waals surface area contributed by atoms with Crippen LogP contribution >= 0.6 is 11.3 Å². The maximum atomic E-state index is 11.7. The predicted octanol–water partition coefficient (Wildman–Crippen LogP) is 2.52. The van der Waals surface area contributed by atoms with Crippen molar-refractivity contribution in [3.8, 4) is 0 Å². The van der Waals surface area contributed by atoms with Gasteiger partial charge in [-0.2, -0.15) is 0 Å². The SMILES string of the molecule is O=C(NCCc1csc2ccccc12)NCC1(CO)CC1. The van der Waals surface area contributed by atoms with Crippen LogP contribution in [0.25, 0.3) is 10.1 Å². The van der Waals surface area contributed by atoms with Crippen LogP contribution in [-0.2, 0) is 6.42 Å². The van der Waals surface area contributed by atoms with Crippen molar-refractivity contribution in [1.29, 1.82) is 0 Å². The lowest BCUT2D eigenvalue weighted by molar-refractivity contribution is 0.203. The van der Waals surface area contributed by atoms with E-state index < -0.39 is 0 Å². The first-order chi connectivity index (χ1) is 10.2. The summed E-state index contributed by atoms with van der Waals surface area (Å²) in [4.78, 5) is 11.7. The highest BCUT2D eigenvalue weighted by molar-refractivity contribution is 7.17. The second kappa shape index (κ2) is 6.03. The summed E-state index contributed by atoms with van der Waals surface area (Å²) in [6, 6.07) is 8.19. The van der Waals surface area contributed by atoms with Gasteiger partial charge in [-0.25, -0.2) is 4.79 Å². The third-order valence-corrected chi connectivity index (χ3v) is 5.17. The van der Waals surface area contributed by atoms with Crippen molar-refractivity contribution in [2.24, 2.45) is 5.41 Å². The van der Waals surface area contributed by atoms with Crippen molar-refractivity contribution in [3.63, 3.8) is 0 Å². The summed E-state index contributed by atoms with van der Waals surface area (Å²) in [6.07, 6.45) is 2.85. The summed E-state index contributed by atoms with van der Waals surface area (Å²) >= 11 is 1.74. The van der Waals surface area contributed by atoms with Crippen LogP contribution in [0, 0.1) is 5.41 Å². The quantitative estimate of drug-likeness (QED) is 0.768. The van der Waals surface area contributed by atoms with Crippen LogP contribution < -0.4 is 10.6 Å². The normalized spacial score (nSPS) is 15.9. The zero-order valence-electron chi connectivity index (χ0n) is 11.9. The van der Waals surface area contributed by atoms with Crippen molar-refractivity contribution in [1.82, 2.24) is 10.6 Å². The van der Waals surface area contributed by atoms with Gasteiger partial charge in [-0.15, -0.1) is 11.3 Å². The average molecular weight is 304 g/mol. The van der Waals surface area contributed by atoms with E-state index in [1.807, 2.05) is 12.1 Å². The number of fused-ring (bicyclic) bond motifs is 1. The summed E-state index contributed by atoms with van der Waals surface area (Å²) in [5, 5.41) is 18.4. The molecule has 1 aromatic heterocycles. The van der Waals surface area contributed by atoms with Crippen molar-refractivity contribution in [2.45, 2.75) is 19.3 Å². The van der Waals surface area contributed by atoms with Crippen LogP contribution in [0.5, 0.6) is 0 Å². The van der Waals surface area contributed by atoms with Crippen LogP contribution in [0.1, 0.15) is 18.4 Å². The number of aliphatic hydroxyl groups is 1. The molecule has 1 saturated carbocycles. The highest BCUT2D eigenvalue weighted by Gasteiger charge is 2.42. The molecule has 0 unspecified atom stereocenters. The summed E-state index contributed by atoms with van der Waals surface area (Å²) in [5.74, 6) is 0. The minimum atomic E-state index is -0.144. The summed E-state index contributed by atoms with van der Waals surface area (Å²) in [6.45, 7) is 1.35. The van der Waals surface area contributed by atoms with Crippen LogP contribution in [0.2, 0.25) is 0 Å². The smallest absolute Gasteiger partial charge is 0.314 e. The standard InChI is InChI=1S/C16H20N2O2S/c19-11-16(6-7-16)10-18-15(20)17-8-5-12-9-21-14-4-2-1-3-13(12)14/h1-4,9,19H,5-8,10-11H2,(H2,17,18,20). The lowest BCUT2D eigenvalue weighted by Crippen LogP contribution is -2.40. The second-order valence-corrected chi connectivity index (χ2v) is 6.69. The first kappa shape index (κ1) is 14.4. The Kier molecular flexibility index (Phi) is 4.12. The molecule has 0 spiro atoms. The molecule has 0 atom stereocenters. The topological polar surface area (TPSA) is 61.4 Å². The van der Waals surface area contributed by atoms with E-state index in [0.717, 1.165) is 19.3 Å². The lowest BCUT2D eigenvalue weighted by atomic mass is 10.1. The van der Waals surface area contributed by atoms with Crippen LogP contribution in [0.15, 0.2) is 29.6 Å². The van der Waals surface area contributed by atoms with Crippen LogP contribution in [0.3, 0.4) is 0 Å². The molecule has 3 rings (SSSR count). The fourth-order valence-corrected chi connectivity index (χ4v) is 3.43. The summed E-state index contributed by atoms with van der Waals surface area (Å²) in [5.41, 5.74) is 1.24. The van der Waals surface area contributed by atoms with Crippen LogP contribution in [0.4, 0.5) is 4.79 Å². The minimum absolute atomic E-state index is 0.0408. The van der Waals surface area contributed by atoms with Crippen LogP contribution in [-0.4, -0.2) is 30.8 Å². The molecule has 1 fully saturated rings. The number of carbonyl (C=O) groups is 1. The Bertz CT molecular complexity index is 634. The monoisotopic (exact) mass is 304 g/mol. The Morgan fingerprint density at radius 1 is 1.29 bits per heavy atom. The van der Waals surface area contributed by atoms with E-state index in [2.05, 4.69) is 28.1 Å². The van der Waals surface area contributed by atoms with Gasteiger partial charge < -0.3 is 15.7 Å². The molecule has 112 valence electrons. The summed E-state index contributed by atoms with van der Waals surface area (Å²) in [7, 11) is 0. The third-order valence-electron chi connectivity index (χ3n) is 4.16. The van der Waals surface area contributed by atoms with E-state index in [0.29, 0.717) is 13.1 Å². The Hall–Kier alpha value is -1.59. The zero-order chi connectivity index (χ0) is 14.7. The van der Waals surface area contributed by atoms with E-state index in [1.54, 1.807) is 11.3 Å². The van der Waals surface area contributed by atoms with E-state index in [1.165, 1.54) is 15.6 Å². The third kappa shape index (κ3) is 3.36. The number of urea groups is 1. The fraction of sp³-hybridized carbons (Fsp3) is 0.438. The number of benzene rings is 1. The molecule has 0 saturated heterocycles. The molecule has 0 bridgehead atoms. The largest absolute Gasteiger partial charge is 0.396 e. The first-order valence-corrected chi connectivity index (χ1v) is 8.18. The van der Waals surface area contributed by atoms with Gasteiger partial charge in [0.2, 0.25) is 0 Å². The molecule has 21 heavy (non-hydrogen) atoms. The number of carbonyl (C=O) groups excluding carboxylic acids is 1. The molecule has 1 aromatic carbocycles. The number of aliphatic hydroxyl groups excluding tert-OH is 1. The second-order valence-electron chi connectivity index (χ2n) is 5.77. The molecule has 1 aliphatic carbocycles. The molecule has 0 radical (unpaired) electrons. The molecular formula is C16H20N2O2S. The number of rotatable bonds is 6. The van der Waals surface area contributed by atoms with Gasteiger partial charge in [-0.3, -0.25) is 0 Å². The predicted molar refractivity (Wildman–Crippen MR) is 85.7 cm³/mol. The fourth-order valence-electron chi connectivity index (χ4n) is 2.43. The molecule has 4 nitrogen and oxygen atoms in total. The van der Waals surface area contributed by atoms with Gasteiger partial charge >= 0.3 is 6.03 Å². The minimum Gasteiger partial charge on any atom is -0.396 e. The molecule has 0 aliphatic heterocycles. The molecule has 2 aromatic rings. The summed E-state index contributed by atoms with van der Waals surface area (Å²) < 4.78 is 1.29. The molecule has 3 N–H and O–H groups in total. The van der Waals surface area contributed by atoms with Gasteiger partial charge in [-0.05, 0) is 41.7 Å². The Morgan fingerprint density at radius 2 is 2.10 bits per heavy atom. The highest BCUT2D eigenvalue weighted by Crippen LogP contribution is 2.44. The molecule has 1 heterocycles. The van der Waals surface area contributed by atoms with Gasteiger partial charge in [0.25, 0.3) is 0 Å². The Morgan fingerprint density at radius 3 is 2.86 bits per heavy atom.